The normalized spacial score (nSPS) is 14.5. The van der Waals surface area contributed by atoms with Crippen LogP contribution >= 0.6 is 11.3 Å². The Morgan fingerprint density at radius 3 is 1.31 bits per heavy atom. The van der Waals surface area contributed by atoms with E-state index in [0.29, 0.717) is 0 Å². The highest BCUT2D eigenvalue weighted by Gasteiger charge is 2.51. The van der Waals surface area contributed by atoms with Crippen molar-refractivity contribution in [1.29, 1.82) is 0 Å². The summed E-state index contributed by atoms with van der Waals surface area (Å²) in [6.07, 6.45) is 0. The van der Waals surface area contributed by atoms with E-state index in [-0.39, 0.29) is 27.1 Å². The van der Waals surface area contributed by atoms with Crippen molar-refractivity contribution >= 4 is 109 Å². The Kier molecular flexibility index (Phi) is 15.4. The zero-order chi connectivity index (χ0) is 71.6. The van der Waals surface area contributed by atoms with E-state index in [1.54, 1.807) is 0 Å². The predicted octanol–water partition coefficient (Wildman–Crippen LogP) is 28.1. The SMILES string of the molecule is Cc1ccc(N(c2ccc(C(C)(C)C)cc2)c2cc3c(c4c2oc2ccccc24)-c2c(cc(N(c4ccc(C(C)(C)C)cc4)c4ccc(C)cc4C)c4sc5ccccc5c24)C3(c2ccc(C(C)(C)C)cc2)c2ccc3c(c2)c2cc(C(C)(C)C)ccc2n3-c2ccc(C(C)(C)C)cc2)c(C)c1. The van der Waals surface area contributed by atoms with E-state index >= 15 is 0 Å². The molecule has 102 heavy (non-hydrogen) atoms. The van der Waals surface area contributed by atoms with Gasteiger partial charge in [-0.3, -0.25) is 0 Å². The monoisotopic (exact) mass is 1350 g/mol. The predicted molar refractivity (Wildman–Crippen MR) is 440 cm³/mol. The van der Waals surface area contributed by atoms with Crippen molar-refractivity contribution in [1.82, 2.24) is 4.57 Å². The van der Waals surface area contributed by atoms with Crippen LogP contribution in [0, 0.1) is 27.7 Å². The minimum absolute atomic E-state index is 0.00215. The average Bonchev–Trinajstić information content (AvgIpc) is 1.49. The molecule has 3 aromatic heterocycles. The van der Waals surface area contributed by atoms with Crippen LogP contribution in [0.2, 0.25) is 0 Å². The second-order valence-corrected chi connectivity index (χ2v) is 35.6. The number of benzene rings is 12. The van der Waals surface area contributed by atoms with Gasteiger partial charge in [-0.05, 0) is 224 Å². The van der Waals surface area contributed by atoms with Crippen LogP contribution in [0.25, 0.3) is 80.7 Å². The number of nitrogens with zero attached hydrogens (tertiary/aromatic N) is 3. The molecule has 0 bridgehead atoms. The Hall–Kier alpha value is -9.94. The van der Waals surface area contributed by atoms with Gasteiger partial charge in [0.15, 0.2) is 5.58 Å². The van der Waals surface area contributed by atoms with Gasteiger partial charge < -0.3 is 18.8 Å². The van der Waals surface area contributed by atoms with E-state index in [1.165, 1.54) is 120 Å². The first-order chi connectivity index (χ1) is 48.4. The summed E-state index contributed by atoms with van der Waals surface area (Å²) in [6.45, 7) is 43.8. The highest BCUT2D eigenvalue weighted by Crippen LogP contribution is 2.66. The first kappa shape index (κ1) is 66.6. The molecule has 0 amide bonds. The second kappa shape index (κ2) is 23.6. The molecule has 1 unspecified atom stereocenters. The van der Waals surface area contributed by atoms with Crippen LogP contribution < -0.4 is 9.80 Å². The smallest absolute Gasteiger partial charge is 0.160 e. The fraction of sp³-hybridized carbons (Fsp3) is 0.258. The maximum Gasteiger partial charge on any atom is 0.160 e. The third-order valence-electron chi connectivity index (χ3n) is 22.2. The lowest BCUT2D eigenvalue weighted by Gasteiger charge is -2.37. The zero-order valence-corrected chi connectivity index (χ0v) is 63.9. The van der Waals surface area contributed by atoms with Crippen molar-refractivity contribution in [3.05, 3.63) is 303 Å². The average molecular weight is 1350 g/mol. The number of rotatable bonds is 9. The van der Waals surface area contributed by atoms with Crippen molar-refractivity contribution < 1.29 is 4.42 Å². The lowest BCUT2D eigenvalue weighted by molar-refractivity contribution is 0.589. The number of thiophene rings is 1. The Balaban J connectivity index is 1.15. The summed E-state index contributed by atoms with van der Waals surface area (Å²) < 4.78 is 12.7. The first-order valence-corrected chi connectivity index (χ1v) is 37.4. The number of hydrogen-bond acceptors (Lipinski definition) is 4. The molecule has 1 atom stereocenters. The second-order valence-electron chi connectivity index (χ2n) is 34.5. The molecule has 12 aromatic carbocycles. The van der Waals surface area contributed by atoms with Gasteiger partial charge in [0.1, 0.15) is 5.58 Å². The number of aryl methyl sites for hydroxylation is 4. The number of anilines is 6. The van der Waals surface area contributed by atoms with Crippen molar-refractivity contribution in [3.8, 4) is 16.8 Å². The fourth-order valence-electron chi connectivity index (χ4n) is 16.6. The Morgan fingerprint density at radius 2 is 0.784 bits per heavy atom. The summed E-state index contributed by atoms with van der Waals surface area (Å²) >= 11 is 1.91. The standard InChI is InChI=1S/C97H95N3OS/c1-58-28-48-78(60(3)52-58)98(69-42-34-63(35-43-69)93(8,9)10)82-56-76-88(86-72-24-20-22-26-84(72)101-90(82)86)89-77(57-83(91-87(89)73-25-21-23-27-85(73)102-91)99(79-49-29-59(2)53-61(79)4)70-44-36-64(37-45-70)94(11,12)13)97(76,66-32-30-62(31-33-66)92(5,6)7)68-41-51-81-75(55-68)74-54-67(96(17,18)19)40-50-80(74)100(81)71-46-38-65(39-47-71)95(14,15)16/h20-57H,1-19H3. The van der Waals surface area contributed by atoms with Gasteiger partial charge in [-0.2, -0.15) is 0 Å². The van der Waals surface area contributed by atoms with E-state index in [9.17, 15) is 0 Å². The summed E-state index contributed by atoms with van der Waals surface area (Å²) in [7, 11) is 0. The van der Waals surface area contributed by atoms with Crippen molar-refractivity contribution in [2.75, 3.05) is 9.80 Å². The topological polar surface area (TPSA) is 24.6 Å². The van der Waals surface area contributed by atoms with Crippen LogP contribution in [0.1, 0.15) is 176 Å². The Labute approximate surface area is 607 Å². The molecular weight excluding hydrogens is 1260 g/mol. The van der Waals surface area contributed by atoms with Gasteiger partial charge in [0.05, 0.1) is 32.5 Å². The number of furan rings is 1. The van der Waals surface area contributed by atoms with E-state index < -0.39 is 5.41 Å². The molecular formula is C97H95N3OS. The Morgan fingerprint density at radius 1 is 0.353 bits per heavy atom. The largest absolute Gasteiger partial charge is 0.454 e. The maximum atomic E-state index is 7.70. The number of hydrogen-bond donors (Lipinski definition) is 0. The fourth-order valence-corrected chi connectivity index (χ4v) is 17.8. The van der Waals surface area contributed by atoms with Gasteiger partial charge in [0, 0.05) is 65.5 Å². The quantitative estimate of drug-likeness (QED) is 0.144. The molecule has 0 saturated carbocycles. The number of fused-ring (bicyclic) bond motifs is 14. The summed E-state index contributed by atoms with van der Waals surface area (Å²) in [6, 6.07) is 90.0. The number of aromatic nitrogens is 1. The minimum atomic E-state index is -1.01. The molecule has 5 heteroatoms. The minimum Gasteiger partial charge on any atom is -0.454 e. The van der Waals surface area contributed by atoms with Crippen LogP contribution in [-0.2, 0) is 32.5 Å². The van der Waals surface area contributed by atoms with Crippen LogP contribution in [-0.4, -0.2) is 4.57 Å². The van der Waals surface area contributed by atoms with Gasteiger partial charge >= 0.3 is 0 Å². The van der Waals surface area contributed by atoms with E-state index in [4.69, 9.17) is 4.42 Å². The van der Waals surface area contributed by atoms with E-state index in [0.717, 1.165) is 67.3 Å². The molecule has 4 nitrogen and oxygen atoms in total. The third kappa shape index (κ3) is 10.7. The lowest BCUT2D eigenvalue weighted by Crippen LogP contribution is -2.29. The van der Waals surface area contributed by atoms with Gasteiger partial charge in [0.25, 0.3) is 0 Å². The highest BCUT2D eigenvalue weighted by atomic mass is 32.1. The molecule has 0 radical (unpaired) electrons. The van der Waals surface area contributed by atoms with Crippen molar-refractivity contribution in [2.24, 2.45) is 0 Å². The Bertz CT molecular complexity index is 5620. The van der Waals surface area contributed by atoms with Gasteiger partial charge in [-0.25, -0.2) is 0 Å². The molecule has 0 aliphatic heterocycles. The van der Waals surface area contributed by atoms with Crippen LogP contribution in [0.3, 0.4) is 0 Å². The van der Waals surface area contributed by atoms with E-state index in [2.05, 4.69) is 376 Å². The molecule has 16 rings (SSSR count). The summed E-state index contributed by atoms with van der Waals surface area (Å²) in [5, 5.41) is 7.10. The molecule has 15 aromatic rings. The van der Waals surface area contributed by atoms with Crippen LogP contribution in [0.4, 0.5) is 34.1 Å². The van der Waals surface area contributed by atoms with Crippen molar-refractivity contribution in [3.63, 3.8) is 0 Å². The molecule has 510 valence electrons. The third-order valence-corrected chi connectivity index (χ3v) is 23.4. The summed E-state index contributed by atoms with van der Waals surface area (Å²) in [5.41, 5.74) is 28.9. The van der Waals surface area contributed by atoms with E-state index in [1.807, 2.05) is 11.3 Å². The van der Waals surface area contributed by atoms with Gasteiger partial charge in [-0.1, -0.05) is 248 Å². The summed E-state index contributed by atoms with van der Waals surface area (Å²) in [5.74, 6) is 0. The molecule has 0 fully saturated rings. The molecule has 3 heterocycles. The first-order valence-electron chi connectivity index (χ1n) is 36.6. The zero-order valence-electron chi connectivity index (χ0n) is 63.1. The molecule has 1 aliphatic carbocycles. The molecule has 0 saturated heterocycles. The van der Waals surface area contributed by atoms with Gasteiger partial charge in [0.2, 0.25) is 0 Å². The molecule has 0 N–H and O–H groups in total. The van der Waals surface area contributed by atoms with Crippen LogP contribution in [0.5, 0.6) is 0 Å². The number of para-hydroxylation sites is 1. The highest BCUT2D eigenvalue weighted by molar-refractivity contribution is 7.26. The maximum absolute atomic E-state index is 7.70. The summed E-state index contributed by atoms with van der Waals surface area (Å²) in [4.78, 5) is 5.12. The van der Waals surface area contributed by atoms with Gasteiger partial charge in [-0.15, -0.1) is 11.3 Å². The molecule has 0 spiro atoms. The van der Waals surface area contributed by atoms with Crippen LogP contribution in [0.15, 0.2) is 235 Å². The van der Waals surface area contributed by atoms with Crippen molar-refractivity contribution in [2.45, 2.75) is 164 Å². The lowest BCUT2D eigenvalue weighted by atomic mass is 9.66. The molecule has 1 aliphatic rings.